The number of anilines is 1. The average Bonchev–Trinajstić information content (AvgIpc) is 2.83. The van der Waals surface area contributed by atoms with Gasteiger partial charge >= 0.3 is 0 Å². The topological polar surface area (TPSA) is 73.4 Å². The SMILES string of the molecule is CC1CN(Cc2ccccc2)CCCN1c1ccc(C#N)cc1[N+](=O)[O-]. The Morgan fingerprint density at radius 3 is 2.69 bits per heavy atom. The zero-order valence-corrected chi connectivity index (χ0v) is 14.8. The quantitative estimate of drug-likeness (QED) is 0.622. The summed E-state index contributed by atoms with van der Waals surface area (Å²) in [5.74, 6) is 0. The predicted octanol–water partition coefficient (Wildman–Crippen LogP) is 3.57. The standard InChI is InChI=1S/C20H22N4O2/c1-16-14-22(15-17-6-3-2-4-7-17)10-5-11-23(16)19-9-8-18(13-21)12-20(19)24(25)26/h2-4,6-9,12,16H,5,10-11,14-15H2,1H3. The van der Waals surface area contributed by atoms with Gasteiger partial charge in [0.05, 0.1) is 16.6 Å². The van der Waals surface area contributed by atoms with E-state index >= 15 is 0 Å². The van der Waals surface area contributed by atoms with Gasteiger partial charge in [0.25, 0.3) is 5.69 Å². The summed E-state index contributed by atoms with van der Waals surface area (Å²) in [5, 5.41) is 20.5. The molecular formula is C20H22N4O2. The molecule has 2 aromatic rings. The van der Waals surface area contributed by atoms with Crippen LogP contribution in [-0.2, 0) is 6.54 Å². The van der Waals surface area contributed by atoms with Gasteiger partial charge in [-0.15, -0.1) is 0 Å². The van der Waals surface area contributed by atoms with E-state index in [9.17, 15) is 10.1 Å². The number of rotatable bonds is 4. The average molecular weight is 350 g/mol. The maximum Gasteiger partial charge on any atom is 0.293 e. The van der Waals surface area contributed by atoms with Crippen molar-refractivity contribution in [3.05, 3.63) is 69.8 Å². The number of nitrogens with zero attached hydrogens (tertiary/aromatic N) is 4. The normalized spacial score (nSPS) is 18.2. The Kier molecular flexibility index (Phi) is 5.49. The van der Waals surface area contributed by atoms with Crippen LogP contribution in [0.25, 0.3) is 0 Å². The molecule has 6 nitrogen and oxygen atoms in total. The summed E-state index contributed by atoms with van der Waals surface area (Å²) in [5.41, 5.74) is 2.20. The summed E-state index contributed by atoms with van der Waals surface area (Å²) in [6, 6.07) is 17.2. The number of hydrogen-bond donors (Lipinski definition) is 0. The smallest absolute Gasteiger partial charge is 0.293 e. The first-order chi connectivity index (χ1) is 12.6. The van der Waals surface area contributed by atoms with Gasteiger partial charge in [-0.2, -0.15) is 5.26 Å². The minimum atomic E-state index is -0.393. The van der Waals surface area contributed by atoms with Gasteiger partial charge in [0.15, 0.2) is 0 Å². The van der Waals surface area contributed by atoms with Crippen LogP contribution < -0.4 is 4.90 Å². The van der Waals surface area contributed by atoms with E-state index in [4.69, 9.17) is 5.26 Å². The molecule has 0 saturated carbocycles. The second kappa shape index (κ2) is 7.98. The highest BCUT2D eigenvalue weighted by Gasteiger charge is 2.27. The Hall–Kier alpha value is -2.91. The number of benzene rings is 2. The molecule has 6 heteroatoms. The van der Waals surface area contributed by atoms with E-state index < -0.39 is 4.92 Å². The first-order valence-electron chi connectivity index (χ1n) is 8.80. The fraction of sp³-hybridized carbons (Fsp3) is 0.350. The number of nitro groups is 1. The molecule has 1 saturated heterocycles. The molecule has 0 N–H and O–H groups in total. The Balaban J connectivity index is 1.80. The van der Waals surface area contributed by atoms with E-state index in [1.54, 1.807) is 12.1 Å². The van der Waals surface area contributed by atoms with Gasteiger partial charge in [-0.25, -0.2) is 0 Å². The third-order valence-electron chi connectivity index (χ3n) is 4.79. The van der Waals surface area contributed by atoms with Crippen LogP contribution in [0, 0.1) is 21.4 Å². The molecule has 3 rings (SSSR count). The van der Waals surface area contributed by atoms with Crippen LogP contribution in [0.4, 0.5) is 11.4 Å². The van der Waals surface area contributed by atoms with Crippen molar-refractivity contribution in [2.75, 3.05) is 24.5 Å². The van der Waals surface area contributed by atoms with Gasteiger partial charge < -0.3 is 4.90 Å². The summed E-state index contributed by atoms with van der Waals surface area (Å²) in [6.07, 6.45) is 0.939. The molecule has 1 atom stereocenters. The molecular weight excluding hydrogens is 328 g/mol. The summed E-state index contributed by atoms with van der Waals surface area (Å²) in [6.45, 7) is 5.55. The zero-order valence-electron chi connectivity index (χ0n) is 14.8. The van der Waals surface area contributed by atoms with Gasteiger partial charge in [0, 0.05) is 38.3 Å². The Bertz CT molecular complexity index is 816. The van der Waals surface area contributed by atoms with Crippen LogP contribution in [0.3, 0.4) is 0 Å². The van der Waals surface area contributed by atoms with Crippen LogP contribution in [0.2, 0.25) is 0 Å². The van der Waals surface area contributed by atoms with Gasteiger partial charge in [-0.05, 0) is 31.0 Å². The lowest BCUT2D eigenvalue weighted by Gasteiger charge is -2.30. The first kappa shape index (κ1) is 17.9. The molecule has 2 aromatic carbocycles. The van der Waals surface area contributed by atoms with Crippen molar-refractivity contribution >= 4 is 11.4 Å². The third kappa shape index (κ3) is 4.01. The van der Waals surface area contributed by atoms with Gasteiger partial charge in [0.2, 0.25) is 0 Å². The van der Waals surface area contributed by atoms with Crippen molar-refractivity contribution in [2.45, 2.75) is 25.9 Å². The highest BCUT2D eigenvalue weighted by molar-refractivity contribution is 5.66. The minimum absolute atomic E-state index is 0.00686. The molecule has 0 aromatic heterocycles. The fourth-order valence-electron chi connectivity index (χ4n) is 3.57. The van der Waals surface area contributed by atoms with Crippen LogP contribution in [-0.4, -0.2) is 35.5 Å². The Morgan fingerprint density at radius 1 is 1.23 bits per heavy atom. The monoisotopic (exact) mass is 350 g/mol. The Labute approximate surface area is 153 Å². The largest absolute Gasteiger partial charge is 0.362 e. The van der Waals surface area contributed by atoms with E-state index in [1.165, 1.54) is 11.6 Å². The molecule has 134 valence electrons. The Morgan fingerprint density at radius 2 is 2.00 bits per heavy atom. The maximum atomic E-state index is 11.5. The summed E-state index contributed by atoms with van der Waals surface area (Å²) in [4.78, 5) is 15.6. The van der Waals surface area contributed by atoms with Gasteiger partial charge in [-0.1, -0.05) is 30.3 Å². The second-order valence-electron chi connectivity index (χ2n) is 6.69. The molecule has 26 heavy (non-hydrogen) atoms. The second-order valence-corrected chi connectivity index (χ2v) is 6.69. The molecule has 0 spiro atoms. The van der Waals surface area contributed by atoms with Crippen LogP contribution >= 0.6 is 0 Å². The van der Waals surface area contributed by atoms with E-state index in [-0.39, 0.29) is 11.7 Å². The number of nitriles is 1. The molecule has 1 heterocycles. The zero-order chi connectivity index (χ0) is 18.5. The molecule has 1 aliphatic rings. The highest BCUT2D eigenvalue weighted by atomic mass is 16.6. The lowest BCUT2D eigenvalue weighted by Crippen LogP contribution is -2.39. The van der Waals surface area contributed by atoms with Crippen LogP contribution in [0.15, 0.2) is 48.5 Å². The van der Waals surface area contributed by atoms with E-state index in [2.05, 4.69) is 28.9 Å². The van der Waals surface area contributed by atoms with Gasteiger partial charge in [-0.3, -0.25) is 15.0 Å². The third-order valence-corrected chi connectivity index (χ3v) is 4.79. The summed E-state index contributed by atoms with van der Waals surface area (Å²) >= 11 is 0. The van der Waals surface area contributed by atoms with Crippen molar-refractivity contribution in [1.82, 2.24) is 4.90 Å². The maximum absolute atomic E-state index is 11.5. The lowest BCUT2D eigenvalue weighted by molar-refractivity contribution is -0.384. The predicted molar refractivity (Wildman–Crippen MR) is 101 cm³/mol. The minimum Gasteiger partial charge on any atom is -0.362 e. The highest BCUT2D eigenvalue weighted by Crippen LogP contribution is 2.32. The molecule has 1 fully saturated rings. The van der Waals surface area contributed by atoms with Crippen molar-refractivity contribution in [3.63, 3.8) is 0 Å². The van der Waals surface area contributed by atoms with Crippen molar-refractivity contribution in [1.29, 1.82) is 5.26 Å². The molecule has 0 bridgehead atoms. The van der Waals surface area contributed by atoms with E-state index in [0.29, 0.717) is 11.3 Å². The van der Waals surface area contributed by atoms with Crippen LogP contribution in [0.5, 0.6) is 0 Å². The molecule has 0 aliphatic carbocycles. The van der Waals surface area contributed by atoms with E-state index in [0.717, 1.165) is 32.6 Å². The van der Waals surface area contributed by atoms with Gasteiger partial charge in [0.1, 0.15) is 5.69 Å². The molecule has 1 aliphatic heterocycles. The van der Waals surface area contributed by atoms with E-state index in [1.807, 2.05) is 24.3 Å². The van der Waals surface area contributed by atoms with Crippen molar-refractivity contribution < 1.29 is 4.92 Å². The summed E-state index contributed by atoms with van der Waals surface area (Å²) < 4.78 is 0. The number of hydrogen-bond acceptors (Lipinski definition) is 5. The lowest BCUT2D eigenvalue weighted by atomic mass is 10.1. The number of nitro benzene ring substituents is 1. The van der Waals surface area contributed by atoms with Crippen LogP contribution in [0.1, 0.15) is 24.5 Å². The van der Waals surface area contributed by atoms with Crippen molar-refractivity contribution in [2.24, 2.45) is 0 Å². The molecule has 1 unspecified atom stereocenters. The first-order valence-corrected chi connectivity index (χ1v) is 8.80. The van der Waals surface area contributed by atoms with Crippen molar-refractivity contribution in [3.8, 4) is 6.07 Å². The molecule has 0 radical (unpaired) electrons. The summed E-state index contributed by atoms with van der Waals surface area (Å²) in [7, 11) is 0. The fourth-order valence-corrected chi connectivity index (χ4v) is 3.57. The molecule has 0 amide bonds.